The van der Waals surface area contributed by atoms with Crippen LogP contribution in [0.25, 0.3) is 11.0 Å². The number of imidazole rings is 1. The number of halogens is 1. The first-order chi connectivity index (χ1) is 12.2. The van der Waals surface area contributed by atoms with Gasteiger partial charge in [-0.1, -0.05) is 40.2 Å². The second-order valence-corrected chi connectivity index (χ2v) is 7.63. The van der Waals surface area contributed by atoms with Crippen LogP contribution in [0.3, 0.4) is 0 Å². The lowest BCUT2D eigenvalue weighted by Gasteiger charge is -2.31. The Bertz CT molecular complexity index is 805. The minimum Gasteiger partial charge on any atom is -0.362 e. The lowest BCUT2D eigenvalue weighted by atomic mass is 10.1. The molecule has 1 N–H and O–H groups in total. The van der Waals surface area contributed by atoms with Crippen LogP contribution in [0.4, 0.5) is 0 Å². The van der Waals surface area contributed by atoms with E-state index in [1.54, 1.807) is 0 Å². The summed E-state index contributed by atoms with van der Waals surface area (Å²) in [5.74, 6) is 0.877. The summed E-state index contributed by atoms with van der Waals surface area (Å²) in [6.07, 6.45) is 2.21. The third-order valence-corrected chi connectivity index (χ3v) is 5.35. The average Bonchev–Trinajstić information content (AvgIpc) is 3.06. The Hall–Kier alpha value is -1.69. The van der Waals surface area contributed by atoms with Gasteiger partial charge in [-0.25, -0.2) is 4.98 Å². The van der Waals surface area contributed by atoms with E-state index in [-0.39, 0.29) is 12.2 Å². The molecule has 3 aromatic rings. The Balaban J connectivity index is 1.66. The van der Waals surface area contributed by atoms with Crippen LogP contribution in [-0.4, -0.2) is 41.1 Å². The van der Waals surface area contributed by atoms with Crippen LogP contribution < -0.4 is 0 Å². The van der Waals surface area contributed by atoms with Crippen LogP contribution in [0.15, 0.2) is 53.0 Å². The van der Waals surface area contributed by atoms with Gasteiger partial charge in [-0.3, -0.25) is 0 Å². The molecule has 4 rings (SSSR count). The van der Waals surface area contributed by atoms with E-state index in [0.29, 0.717) is 0 Å². The number of nitrogens with one attached hydrogen (secondary N) is 1. The standard InChI is InChI=1S/C20H22BrN3O/c1-24-12-10-16(11-13-24)25-19(14-6-8-15(21)9-7-14)20-22-17-4-2-3-5-18(17)23-20/h2-9,16,19H,10-13H2,1H3,(H,22,23). The molecule has 0 saturated carbocycles. The number of aromatic amines is 1. The molecule has 1 aromatic heterocycles. The number of H-pyrrole nitrogens is 1. The van der Waals surface area contributed by atoms with Gasteiger partial charge in [0.15, 0.2) is 0 Å². The zero-order valence-electron chi connectivity index (χ0n) is 14.3. The second kappa shape index (κ2) is 7.28. The maximum Gasteiger partial charge on any atom is 0.141 e. The molecule has 0 amide bonds. The maximum atomic E-state index is 6.55. The van der Waals surface area contributed by atoms with E-state index in [2.05, 4.69) is 63.2 Å². The molecular weight excluding hydrogens is 378 g/mol. The lowest BCUT2D eigenvalue weighted by molar-refractivity contribution is -0.0264. The van der Waals surface area contributed by atoms with Gasteiger partial charge in [0.2, 0.25) is 0 Å². The zero-order chi connectivity index (χ0) is 17.2. The van der Waals surface area contributed by atoms with Crippen LogP contribution in [0, 0.1) is 0 Å². The van der Waals surface area contributed by atoms with Crippen molar-refractivity contribution in [1.82, 2.24) is 14.9 Å². The van der Waals surface area contributed by atoms with Gasteiger partial charge in [0.05, 0.1) is 17.1 Å². The minimum absolute atomic E-state index is 0.172. The fourth-order valence-electron chi connectivity index (χ4n) is 3.35. The molecule has 0 spiro atoms. The summed E-state index contributed by atoms with van der Waals surface area (Å²) in [7, 11) is 2.17. The van der Waals surface area contributed by atoms with Gasteiger partial charge in [0, 0.05) is 17.6 Å². The molecule has 4 nitrogen and oxygen atoms in total. The van der Waals surface area contributed by atoms with E-state index in [1.807, 2.05) is 18.2 Å². The third-order valence-electron chi connectivity index (χ3n) is 4.82. The van der Waals surface area contributed by atoms with Crippen LogP contribution in [0.5, 0.6) is 0 Å². The van der Waals surface area contributed by atoms with Crippen LogP contribution in [0.1, 0.15) is 30.3 Å². The van der Waals surface area contributed by atoms with Crippen molar-refractivity contribution in [2.45, 2.75) is 25.0 Å². The highest BCUT2D eigenvalue weighted by molar-refractivity contribution is 9.10. The number of benzene rings is 2. The monoisotopic (exact) mass is 399 g/mol. The Labute approximate surface area is 156 Å². The van der Waals surface area contributed by atoms with Gasteiger partial charge < -0.3 is 14.6 Å². The molecule has 1 unspecified atom stereocenters. The molecule has 1 aliphatic rings. The Morgan fingerprint density at radius 3 is 2.56 bits per heavy atom. The van der Waals surface area contributed by atoms with Gasteiger partial charge in [-0.2, -0.15) is 0 Å². The fraction of sp³-hybridized carbons (Fsp3) is 0.350. The summed E-state index contributed by atoms with van der Waals surface area (Å²) < 4.78 is 7.61. The number of nitrogens with zero attached hydrogens (tertiary/aromatic N) is 2. The highest BCUT2D eigenvalue weighted by Crippen LogP contribution is 2.30. The average molecular weight is 400 g/mol. The number of piperidine rings is 1. The predicted octanol–water partition coefficient (Wildman–Crippen LogP) is 4.53. The second-order valence-electron chi connectivity index (χ2n) is 6.71. The van der Waals surface area contributed by atoms with Crippen LogP contribution in [0.2, 0.25) is 0 Å². The molecule has 1 fully saturated rings. The molecule has 25 heavy (non-hydrogen) atoms. The molecule has 1 atom stereocenters. The first kappa shape index (κ1) is 16.8. The Morgan fingerprint density at radius 2 is 1.84 bits per heavy atom. The molecule has 1 saturated heterocycles. The number of aromatic nitrogens is 2. The highest BCUT2D eigenvalue weighted by atomic mass is 79.9. The number of ether oxygens (including phenoxy) is 1. The van der Waals surface area contributed by atoms with Gasteiger partial charge in [0.25, 0.3) is 0 Å². The first-order valence-corrected chi connectivity index (χ1v) is 9.52. The summed E-state index contributed by atoms with van der Waals surface area (Å²) >= 11 is 3.51. The highest BCUT2D eigenvalue weighted by Gasteiger charge is 2.25. The number of likely N-dealkylation sites (tertiary alicyclic amines) is 1. The van der Waals surface area contributed by atoms with E-state index in [0.717, 1.165) is 52.8 Å². The van der Waals surface area contributed by atoms with Crippen molar-refractivity contribution in [1.29, 1.82) is 0 Å². The van der Waals surface area contributed by atoms with Crippen molar-refractivity contribution in [2.75, 3.05) is 20.1 Å². The van der Waals surface area contributed by atoms with Gasteiger partial charge in [-0.15, -0.1) is 0 Å². The predicted molar refractivity (Wildman–Crippen MR) is 104 cm³/mol. The lowest BCUT2D eigenvalue weighted by Crippen LogP contribution is -2.35. The summed E-state index contributed by atoms with van der Waals surface area (Å²) in [5, 5.41) is 0. The van der Waals surface area contributed by atoms with Crippen LogP contribution in [-0.2, 0) is 4.74 Å². The van der Waals surface area contributed by atoms with Crippen molar-refractivity contribution in [3.05, 3.63) is 64.4 Å². The summed E-state index contributed by atoms with van der Waals surface area (Å²) in [4.78, 5) is 10.6. The molecular formula is C20H22BrN3O. The molecule has 0 aliphatic carbocycles. The number of rotatable bonds is 4. The summed E-state index contributed by atoms with van der Waals surface area (Å²) in [6.45, 7) is 2.16. The Morgan fingerprint density at radius 1 is 1.12 bits per heavy atom. The molecule has 2 aromatic carbocycles. The van der Waals surface area contributed by atoms with E-state index in [4.69, 9.17) is 9.72 Å². The SMILES string of the molecule is CN1CCC(OC(c2ccc(Br)cc2)c2nc3ccccc3[nH]2)CC1. The molecule has 2 heterocycles. The quantitative estimate of drug-likeness (QED) is 0.700. The van der Waals surface area contributed by atoms with Gasteiger partial charge in [-0.05, 0) is 49.7 Å². The van der Waals surface area contributed by atoms with Crippen LogP contribution >= 0.6 is 15.9 Å². The molecule has 0 radical (unpaired) electrons. The van der Waals surface area contributed by atoms with Crippen molar-refractivity contribution >= 4 is 27.0 Å². The Kier molecular flexibility index (Phi) is 4.88. The smallest absolute Gasteiger partial charge is 0.141 e. The maximum absolute atomic E-state index is 6.55. The largest absolute Gasteiger partial charge is 0.362 e. The van der Waals surface area contributed by atoms with Crippen molar-refractivity contribution in [3.8, 4) is 0 Å². The number of hydrogen-bond donors (Lipinski definition) is 1. The van der Waals surface area contributed by atoms with Crippen molar-refractivity contribution in [3.63, 3.8) is 0 Å². The topological polar surface area (TPSA) is 41.1 Å². The third kappa shape index (κ3) is 3.78. The molecule has 5 heteroatoms. The van der Waals surface area contributed by atoms with E-state index >= 15 is 0 Å². The number of para-hydroxylation sites is 2. The first-order valence-electron chi connectivity index (χ1n) is 8.73. The van der Waals surface area contributed by atoms with Gasteiger partial charge >= 0.3 is 0 Å². The fourth-order valence-corrected chi connectivity index (χ4v) is 3.61. The van der Waals surface area contributed by atoms with Gasteiger partial charge in [0.1, 0.15) is 11.9 Å². The van der Waals surface area contributed by atoms with E-state index in [1.165, 1.54) is 0 Å². The minimum atomic E-state index is -0.172. The molecule has 130 valence electrons. The van der Waals surface area contributed by atoms with E-state index < -0.39 is 0 Å². The van der Waals surface area contributed by atoms with Crippen molar-refractivity contribution < 1.29 is 4.74 Å². The summed E-state index contributed by atoms with van der Waals surface area (Å²) in [5.41, 5.74) is 3.15. The number of hydrogen-bond acceptors (Lipinski definition) is 3. The molecule has 0 bridgehead atoms. The van der Waals surface area contributed by atoms with Crippen molar-refractivity contribution in [2.24, 2.45) is 0 Å². The number of fused-ring (bicyclic) bond motifs is 1. The van der Waals surface area contributed by atoms with E-state index in [9.17, 15) is 0 Å². The normalized spacial score (nSPS) is 17.8. The zero-order valence-corrected chi connectivity index (χ0v) is 15.9. The summed E-state index contributed by atoms with van der Waals surface area (Å²) in [6, 6.07) is 16.5. The molecule has 1 aliphatic heterocycles.